The Balaban J connectivity index is 3.47. The lowest BCUT2D eigenvalue weighted by atomic mass is 10.4. The van der Waals surface area contributed by atoms with E-state index in [4.69, 9.17) is 4.74 Å². The number of alkyl halides is 3. The van der Waals surface area contributed by atoms with Crippen molar-refractivity contribution in [2.75, 3.05) is 46.6 Å². The zero-order valence-electron chi connectivity index (χ0n) is 11.3. The monoisotopic (exact) mass is 285 g/mol. The zero-order valence-corrected chi connectivity index (χ0v) is 11.3. The van der Waals surface area contributed by atoms with Crippen molar-refractivity contribution in [2.24, 2.45) is 4.99 Å². The molecule has 0 radical (unpaired) electrons. The normalized spacial score (nSPS) is 12.6. The molecule has 0 heterocycles. The highest BCUT2D eigenvalue weighted by Crippen LogP contribution is 2.14. The van der Waals surface area contributed by atoms with Gasteiger partial charge in [0.05, 0.1) is 6.61 Å². The Morgan fingerprint density at radius 2 is 1.79 bits per heavy atom. The van der Waals surface area contributed by atoms with Crippen LogP contribution in [0.2, 0.25) is 0 Å². The summed E-state index contributed by atoms with van der Waals surface area (Å²) >= 11 is 0. The van der Waals surface area contributed by atoms with E-state index >= 15 is 0 Å². The summed E-state index contributed by atoms with van der Waals surface area (Å²) in [7, 11) is 1.62. The molecule has 0 bridgehead atoms. The topological polar surface area (TPSA) is 54.9 Å². The third-order valence-corrected chi connectivity index (χ3v) is 1.99. The van der Waals surface area contributed by atoms with Crippen LogP contribution in [0.4, 0.5) is 13.2 Å². The molecule has 0 rings (SSSR count). The fraction of sp³-hybridized carbons (Fsp3) is 0.909. The minimum absolute atomic E-state index is 0.0580. The molecule has 0 unspecified atom stereocenters. The molecule has 0 aliphatic rings. The predicted molar refractivity (Wildman–Crippen MR) is 67.3 cm³/mol. The highest BCUT2D eigenvalue weighted by molar-refractivity contribution is 5.79. The lowest BCUT2D eigenvalue weighted by Crippen LogP contribution is -2.39. The van der Waals surface area contributed by atoms with Gasteiger partial charge in [0, 0.05) is 33.4 Å². The van der Waals surface area contributed by atoms with Gasteiger partial charge >= 0.3 is 6.18 Å². The number of guanidine groups is 1. The summed E-state index contributed by atoms with van der Waals surface area (Å²) in [5, 5.41) is 5.98. The molecule has 19 heavy (non-hydrogen) atoms. The quantitative estimate of drug-likeness (QED) is 0.379. The first-order chi connectivity index (χ1) is 8.99. The summed E-state index contributed by atoms with van der Waals surface area (Å²) in [5.74, 6) is 0.593. The second-order valence-corrected chi connectivity index (χ2v) is 3.64. The van der Waals surface area contributed by atoms with E-state index < -0.39 is 12.8 Å². The van der Waals surface area contributed by atoms with Crippen LogP contribution >= 0.6 is 0 Å². The Labute approximate surface area is 111 Å². The molecule has 0 fully saturated rings. The Hall–Kier alpha value is -1.02. The van der Waals surface area contributed by atoms with Gasteiger partial charge in [-0.3, -0.25) is 4.99 Å². The molecule has 0 amide bonds. The number of ether oxygens (including phenoxy) is 2. The van der Waals surface area contributed by atoms with Crippen molar-refractivity contribution in [1.29, 1.82) is 0 Å². The smallest absolute Gasteiger partial charge is 0.380 e. The minimum Gasteiger partial charge on any atom is -0.380 e. The second kappa shape index (κ2) is 10.9. The van der Waals surface area contributed by atoms with E-state index in [2.05, 4.69) is 20.4 Å². The van der Waals surface area contributed by atoms with Crippen molar-refractivity contribution in [2.45, 2.75) is 19.5 Å². The first-order valence-corrected chi connectivity index (χ1v) is 6.16. The average Bonchev–Trinajstić information content (AvgIpc) is 2.34. The van der Waals surface area contributed by atoms with Crippen LogP contribution in [0.5, 0.6) is 0 Å². The molecular formula is C11H22F3N3O2. The van der Waals surface area contributed by atoms with E-state index in [1.807, 2.05) is 6.92 Å². The molecule has 0 aromatic carbocycles. The number of hydrogen-bond donors (Lipinski definition) is 2. The predicted octanol–water partition coefficient (Wildman–Crippen LogP) is 1.16. The van der Waals surface area contributed by atoms with Crippen LogP contribution in [-0.2, 0) is 9.47 Å². The molecule has 0 saturated heterocycles. The van der Waals surface area contributed by atoms with E-state index in [0.29, 0.717) is 38.7 Å². The molecular weight excluding hydrogens is 263 g/mol. The molecule has 0 atom stereocenters. The number of nitrogens with zero attached hydrogens (tertiary/aromatic N) is 1. The fourth-order valence-corrected chi connectivity index (χ4v) is 1.18. The first-order valence-electron chi connectivity index (χ1n) is 6.16. The minimum atomic E-state index is -4.26. The zero-order chi connectivity index (χ0) is 14.6. The molecule has 2 N–H and O–H groups in total. The number of hydrogen-bond acceptors (Lipinski definition) is 3. The highest BCUT2D eigenvalue weighted by atomic mass is 19.4. The van der Waals surface area contributed by atoms with Crippen molar-refractivity contribution in [3.8, 4) is 0 Å². The molecule has 8 heteroatoms. The number of nitrogens with one attached hydrogen (secondary N) is 2. The Morgan fingerprint density at radius 3 is 2.37 bits per heavy atom. The summed E-state index contributed by atoms with van der Waals surface area (Å²) in [4.78, 5) is 3.96. The maximum Gasteiger partial charge on any atom is 0.411 e. The number of halogens is 3. The first kappa shape index (κ1) is 18.0. The maximum absolute atomic E-state index is 11.8. The van der Waals surface area contributed by atoms with E-state index in [9.17, 15) is 13.2 Å². The van der Waals surface area contributed by atoms with E-state index in [-0.39, 0.29) is 6.61 Å². The summed E-state index contributed by atoms with van der Waals surface area (Å²) in [6.45, 7) is 3.12. The molecule has 0 aliphatic heterocycles. The van der Waals surface area contributed by atoms with Gasteiger partial charge in [-0.05, 0) is 13.3 Å². The van der Waals surface area contributed by atoms with Gasteiger partial charge in [0.1, 0.15) is 6.61 Å². The highest BCUT2D eigenvalue weighted by Gasteiger charge is 2.27. The SMILES string of the molecule is CCOCCNC(=NC)NCCCOCC(F)(F)F. The van der Waals surface area contributed by atoms with Crippen LogP contribution in [0.25, 0.3) is 0 Å². The van der Waals surface area contributed by atoms with Crippen LogP contribution in [0.3, 0.4) is 0 Å². The Kier molecular flexibility index (Phi) is 10.3. The third kappa shape index (κ3) is 13.2. The molecule has 5 nitrogen and oxygen atoms in total. The van der Waals surface area contributed by atoms with Crippen molar-refractivity contribution >= 4 is 5.96 Å². The van der Waals surface area contributed by atoms with Gasteiger partial charge in [-0.1, -0.05) is 0 Å². The van der Waals surface area contributed by atoms with Crippen LogP contribution in [0.1, 0.15) is 13.3 Å². The van der Waals surface area contributed by atoms with Crippen LogP contribution < -0.4 is 10.6 Å². The largest absolute Gasteiger partial charge is 0.411 e. The van der Waals surface area contributed by atoms with Gasteiger partial charge in [-0.15, -0.1) is 0 Å². The van der Waals surface area contributed by atoms with Gasteiger partial charge in [-0.25, -0.2) is 0 Å². The van der Waals surface area contributed by atoms with Crippen molar-refractivity contribution in [3.63, 3.8) is 0 Å². The van der Waals surface area contributed by atoms with E-state index in [1.54, 1.807) is 7.05 Å². The molecule has 0 aromatic rings. The molecule has 0 spiro atoms. The van der Waals surface area contributed by atoms with Gasteiger partial charge in [0.25, 0.3) is 0 Å². The Bertz CT molecular complexity index is 248. The molecule has 0 saturated carbocycles. The van der Waals surface area contributed by atoms with Crippen molar-refractivity contribution < 1.29 is 22.6 Å². The average molecular weight is 285 g/mol. The van der Waals surface area contributed by atoms with Crippen molar-refractivity contribution in [3.05, 3.63) is 0 Å². The second-order valence-electron chi connectivity index (χ2n) is 3.64. The lowest BCUT2D eigenvalue weighted by molar-refractivity contribution is -0.173. The molecule has 0 aromatic heterocycles. The number of rotatable bonds is 9. The van der Waals surface area contributed by atoms with Gasteiger partial charge in [-0.2, -0.15) is 13.2 Å². The Morgan fingerprint density at radius 1 is 1.11 bits per heavy atom. The fourth-order valence-electron chi connectivity index (χ4n) is 1.18. The van der Waals surface area contributed by atoms with Crippen LogP contribution in [0, 0.1) is 0 Å². The molecule has 114 valence electrons. The van der Waals surface area contributed by atoms with E-state index in [1.165, 1.54) is 0 Å². The van der Waals surface area contributed by atoms with Gasteiger partial charge in [0.2, 0.25) is 0 Å². The number of aliphatic imine (C=N–C) groups is 1. The maximum atomic E-state index is 11.8. The van der Waals surface area contributed by atoms with E-state index in [0.717, 1.165) is 0 Å². The lowest BCUT2D eigenvalue weighted by Gasteiger charge is -2.12. The summed E-state index contributed by atoms with van der Waals surface area (Å²) < 4.78 is 44.9. The standard InChI is InChI=1S/C11H22F3N3O2/c1-3-18-8-6-17-10(15-2)16-5-4-7-19-9-11(12,13)14/h3-9H2,1-2H3,(H2,15,16,17). The van der Waals surface area contributed by atoms with Crippen LogP contribution in [-0.4, -0.2) is 58.7 Å². The van der Waals surface area contributed by atoms with Crippen molar-refractivity contribution in [1.82, 2.24) is 10.6 Å². The van der Waals surface area contributed by atoms with Crippen LogP contribution in [0.15, 0.2) is 4.99 Å². The summed E-state index contributed by atoms with van der Waals surface area (Å²) in [6.07, 6.45) is -3.79. The molecule has 0 aliphatic carbocycles. The van der Waals surface area contributed by atoms with Gasteiger partial charge in [0.15, 0.2) is 5.96 Å². The summed E-state index contributed by atoms with van der Waals surface area (Å²) in [5.41, 5.74) is 0. The third-order valence-electron chi connectivity index (χ3n) is 1.99. The summed E-state index contributed by atoms with van der Waals surface area (Å²) in [6, 6.07) is 0. The van der Waals surface area contributed by atoms with Gasteiger partial charge < -0.3 is 20.1 Å².